The van der Waals surface area contributed by atoms with Crippen LogP contribution in [0.5, 0.6) is 0 Å². The molecule has 8 nitrogen and oxygen atoms in total. The summed E-state index contributed by atoms with van der Waals surface area (Å²) < 4.78 is 5.40. The van der Waals surface area contributed by atoms with Gasteiger partial charge in [0.15, 0.2) is 0 Å². The summed E-state index contributed by atoms with van der Waals surface area (Å²) in [6.07, 6.45) is 1.76. The molecule has 1 aliphatic rings. The van der Waals surface area contributed by atoms with E-state index in [-0.39, 0.29) is 6.42 Å². The Hall–Kier alpha value is -3.96. The quantitative estimate of drug-likeness (QED) is 0.637. The molecule has 1 aliphatic heterocycles. The predicted octanol–water partition coefficient (Wildman–Crippen LogP) is 2.89. The number of hydrogen-bond acceptors (Lipinski definition) is 7. The molecule has 1 fully saturated rings. The molecule has 3 N–H and O–H groups in total. The second-order valence-electron chi connectivity index (χ2n) is 7.11. The standard InChI is InChI=1S/C23H22N6O2/c24-9-7-16-15-17(1-6-20(16)22(25)30)21-8-10-26-23(28-21)27-18-2-4-19(5-3-18)29-11-13-31-14-12-29/h1-6,8,10,15H,7,11-14H2,(H2,25,30)(H,26,27,28). The molecule has 2 heterocycles. The predicted molar refractivity (Wildman–Crippen MR) is 118 cm³/mol. The molecule has 0 bridgehead atoms. The Bertz CT molecular complexity index is 1120. The summed E-state index contributed by atoms with van der Waals surface area (Å²) in [5.74, 6) is -0.0974. The van der Waals surface area contributed by atoms with Gasteiger partial charge in [0.05, 0.1) is 31.4 Å². The summed E-state index contributed by atoms with van der Waals surface area (Å²) in [7, 11) is 0. The van der Waals surface area contributed by atoms with Crippen molar-refractivity contribution in [1.82, 2.24) is 9.97 Å². The van der Waals surface area contributed by atoms with Gasteiger partial charge < -0.3 is 20.7 Å². The fourth-order valence-corrected chi connectivity index (χ4v) is 3.51. The Morgan fingerprint density at radius 2 is 1.94 bits per heavy atom. The normalized spacial score (nSPS) is 13.5. The van der Waals surface area contributed by atoms with Crippen LogP contribution in [0.25, 0.3) is 11.3 Å². The number of ether oxygens (including phenoxy) is 1. The van der Waals surface area contributed by atoms with Crippen LogP contribution in [0.15, 0.2) is 54.7 Å². The average Bonchev–Trinajstić information content (AvgIpc) is 2.80. The molecule has 1 aromatic heterocycles. The molecule has 156 valence electrons. The maximum absolute atomic E-state index is 11.6. The lowest BCUT2D eigenvalue weighted by Crippen LogP contribution is -2.36. The third-order valence-electron chi connectivity index (χ3n) is 5.09. The fraction of sp³-hybridized carbons (Fsp3) is 0.217. The number of aromatic nitrogens is 2. The second-order valence-corrected chi connectivity index (χ2v) is 7.11. The van der Waals surface area contributed by atoms with Crippen molar-refractivity contribution in [3.63, 3.8) is 0 Å². The van der Waals surface area contributed by atoms with Crippen LogP contribution >= 0.6 is 0 Å². The second kappa shape index (κ2) is 9.24. The highest BCUT2D eigenvalue weighted by atomic mass is 16.5. The molecule has 1 saturated heterocycles. The maximum atomic E-state index is 11.6. The highest BCUT2D eigenvalue weighted by Gasteiger charge is 2.12. The molecule has 0 atom stereocenters. The molecule has 0 unspecified atom stereocenters. The van der Waals surface area contributed by atoms with Gasteiger partial charge in [0.25, 0.3) is 0 Å². The largest absolute Gasteiger partial charge is 0.378 e. The number of nitrogens with one attached hydrogen (secondary N) is 1. The van der Waals surface area contributed by atoms with Crippen molar-refractivity contribution in [3.05, 3.63) is 65.9 Å². The van der Waals surface area contributed by atoms with Crippen LogP contribution < -0.4 is 16.0 Å². The molecule has 4 rings (SSSR count). The van der Waals surface area contributed by atoms with Gasteiger partial charge in [-0.25, -0.2) is 9.97 Å². The van der Waals surface area contributed by atoms with Gasteiger partial charge in [-0.3, -0.25) is 4.79 Å². The molecule has 0 saturated carbocycles. The molecule has 0 spiro atoms. The third-order valence-corrected chi connectivity index (χ3v) is 5.09. The van der Waals surface area contributed by atoms with E-state index >= 15 is 0 Å². The van der Waals surface area contributed by atoms with Crippen LogP contribution in [0.3, 0.4) is 0 Å². The summed E-state index contributed by atoms with van der Waals surface area (Å²) in [6.45, 7) is 3.27. The number of amides is 1. The van der Waals surface area contributed by atoms with E-state index in [2.05, 4.69) is 38.4 Å². The Labute approximate surface area is 180 Å². The molecular weight excluding hydrogens is 392 g/mol. The molecule has 31 heavy (non-hydrogen) atoms. The zero-order chi connectivity index (χ0) is 21.6. The van der Waals surface area contributed by atoms with E-state index in [1.807, 2.05) is 12.1 Å². The third kappa shape index (κ3) is 4.79. The van der Waals surface area contributed by atoms with E-state index in [9.17, 15) is 4.79 Å². The first-order valence-electron chi connectivity index (χ1n) is 9.97. The van der Waals surface area contributed by atoms with Crippen LogP contribution in [-0.4, -0.2) is 42.2 Å². The number of benzene rings is 2. The zero-order valence-corrected chi connectivity index (χ0v) is 16.9. The van der Waals surface area contributed by atoms with Crippen LogP contribution in [0.2, 0.25) is 0 Å². The SMILES string of the molecule is N#CCc1cc(-c2ccnc(Nc3ccc(N4CCOCC4)cc3)n2)ccc1C(N)=O. The number of anilines is 3. The molecule has 2 aromatic carbocycles. The summed E-state index contributed by atoms with van der Waals surface area (Å²) in [6, 6.07) is 17.1. The van der Waals surface area contributed by atoms with E-state index in [4.69, 9.17) is 15.7 Å². The van der Waals surface area contributed by atoms with Crippen LogP contribution in [-0.2, 0) is 11.2 Å². The van der Waals surface area contributed by atoms with Gasteiger partial charge in [0.1, 0.15) is 0 Å². The van der Waals surface area contributed by atoms with Gasteiger partial charge in [0, 0.05) is 41.8 Å². The lowest BCUT2D eigenvalue weighted by Gasteiger charge is -2.28. The van der Waals surface area contributed by atoms with Crippen molar-refractivity contribution >= 4 is 23.2 Å². The van der Waals surface area contributed by atoms with Gasteiger partial charge >= 0.3 is 0 Å². The van der Waals surface area contributed by atoms with Crippen molar-refractivity contribution in [2.45, 2.75) is 6.42 Å². The zero-order valence-electron chi connectivity index (χ0n) is 16.9. The fourth-order valence-electron chi connectivity index (χ4n) is 3.51. The lowest BCUT2D eigenvalue weighted by molar-refractivity contribution is 0.0999. The van der Waals surface area contributed by atoms with Crippen LogP contribution in [0.4, 0.5) is 17.3 Å². The first-order valence-corrected chi connectivity index (χ1v) is 9.97. The topological polar surface area (TPSA) is 117 Å². The van der Waals surface area contributed by atoms with Gasteiger partial charge in [0.2, 0.25) is 11.9 Å². The van der Waals surface area contributed by atoms with Crippen molar-refractivity contribution in [2.24, 2.45) is 5.73 Å². The minimum Gasteiger partial charge on any atom is -0.378 e. The molecular formula is C23H22N6O2. The minimum absolute atomic E-state index is 0.0950. The number of hydrogen-bond donors (Lipinski definition) is 2. The number of nitrogens with zero attached hydrogens (tertiary/aromatic N) is 4. The Balaban J connectivity index is 1.53. The van der Waals surface area contributed by atoms with Crippen molar-refractivity contribution < 1.29 is 9.53 Å². The summed E-state index contributed by atoms with van der Waals surface area (Å²) >= 11 is 0. The average molecular weight is 414 g/mol. The smallest absolute Gasteiger partial charge is 0.249 e. The van der Waals surface area contributed by atoms with Gasteiger partial charge in [-0.15, -0.1) is 0 Å². The van der Waals surface area contributed by atoms with E-state index in [1.165, 1.54) is 0 Å². The number of carbonyl (C=O) groups is 1. The van der Waals surface area contributed by atoms with Gasteiger partial charge in [-0.2, -0.15) is 5.26 Å². The number of rotatable bonds is 6. The van der Waals surface area contributed by atoms with Crippen LogP contribution in [0.1, 0.15) is 15.9 Å². The summed E-state index contributed by atoms with van der Waals surface area (Å²) in [5, 5.41) is 12.3. The Morgan fingerprint density at radius 3 is 2.65 bits per heavy atom. The minimum atomic E-state index is -0.553. The number of morpholine rings is 1. The van der Waals surface area contributed by atoms with E-state index < -0.39 is 5.91 Å². The summed E-state index contributed by atoms with van der Waals surface area (Å²) in [4.78, 5) is 22.8. The van der Waals surface area contributed by atoms with E-state index in [1.54, 1.807) is 30.5 Å². The van der Waals surface area contributed by atoms with Crippen molar-refractivity contribution in [1.29, 1.82) is 5.26 Å². The number of nitriles is 1. The number of primary amides is 1. The molecule has 0 radical (unpaired) electrons. The highest BCUT2D eigenvalue weighted by molar-refractivity contribution is 5.95. The van der Waals surface area contributed by atoms with Gasteiger partial charge in [-0.1, -0.05) is 6.07 Å². The highest BCUT2D eigenvalue weighted by Crippen LogP contribution is 2.24. The van der Waals surface area contributed by atoms with Gasteiger partial charge in [-0.05, 0) is 48.0 Å². The van der Waals surface area contributed by atoms with E-state index in [0.717, 1.165) is 43.2 Å². The monoisotopic (exact) mass is 414 g/mol. The number of carbonyl (C=O) groups excluding carboxylic acids is 1. The first kappa shape index (κ1) is 20.3. The number of nitrogens with two attached hydrogens (primary N) is 1. The molecule has 3 aromatic rings. The lowest BCUT2D eigenvalue weighted by atomic mass is 9.99. The molecule has 0 aliphatic carbocycles. The van der Waals surface area contributed by atoms with E-state index in [0.29, 0.717) is 22.8 Å². The van der Waals surface area contributed by atoms with Crippen molar-refractivity contribution in [2.75, 3.05) is 36.5 Å². The molecule has 1 amide bonds. The molecule has 8 heteroatoms. The summed E-state index contributed by atoms with van der Waals surface area (Å²) in [5.41, 5.74) is 9.83. The van der Waals surface area contributed by atoms with Crippen molar-refractivity contribution in [3.8, 4) is 17.3 Å². The Morgan fingerprint density at radius 1 is 1.16 bits per heavy atom. The van der Waals surface area contributed by atoms with Crippen LogP contribution in [0, 0.1) is 11.3 Å². The maximum Gasteiger partial charge on any atom is 0.249 e. The Kier molecular flexibility index (Phi) is 6.05. The first-order chi connectivity index (χ1) is 15.1.